The molecule has 116 valence electrons. The van der Waals surface area contributed by atoms with Gasteiger partial charge in [0, 0.05) is 11.8 Å². The van der Waals surface area contributed by atoms with E-state index < -0.39 is 0 Å². The summed E-state index contributed by atoms with van der Waals surface area (Å²) < 4.78 is 6.12. The fourth-order valence-electron chi connectivity index (χ4n) is 7.49. The molecular weight excluding hydrogens is 260 g/mol. The van der Waals surface area contributed by atoms with E-state index in [4.69, 9.17) is 4.74 Å². The molecule has 0 unspecified atom stereocenters. The standard InChI is InChI=1S/C19H28O2/c1-17-8-3-4-13(17)12-5-11-19-16(21-19)15(20)7-10-18(19,2)14(12)6-9-17/h12-14,16H,3-11H2,1-2H3/t12-,13-,14-,16+,17-,18+,19+/m0/s1. The third-order valence-electron chi connectivity index (χ3n) is 8.73. The first kappa shape index (κ1) is 13.1. The largest absolute Gasteiger partial charge is 0.357 e. The van der Waals surface area contributed by atoms with Crippen LogP contribution < -0.4 is 0 Å². The van der Waals surface area contributed by atoms with Crippen LogP contribution in [0.2, 0.25) is 0 Å². The van der Waals surface area contributed by atoms with Crippen LogP contribution in [0, 0.1) is 28.6 Å². The lowest BCUT2D eigenvalue weighted by Crippen LogP contribution is -2.57. The lowest BCUT2D eigenvalue weighted by molar-refractivity contribution is -0.129. The average Bonchev–Trinajstić information content (AvgIpc) is 3.08. The second-order valence-electron chi connectivity index (χ2n) is 9.27. The van der Waals surface area contributed by atoms with Crippen LogP contribution >= 0.6 is 0 Å². The lowest BCUT2D eigenvalue weighted by atomic mass is 9.45. The number of rotatable bonds is 0. The van der Waals surface area contributed by atoms with E-state index >= 15 is 0 Å². The molecule has 4 saturated carbocycles. The van der Waals surface area contributed by atoms with Crippen molar-refractivity contribution in [3.8, 4) is 0 Å². The topological polar surface area (TPSA) is 29.6 Å². The highest BCUT2D eigenvalue weighted by atomic mass is 16.6. The molecule has 0 aromatic heterocycles. The maximum Gasteiger partial charge on any atom is 0.164 e. The average molecular weight is 288 g/mol. The Morgan fingerprint density at radius 2 is 1.86 bits per heavy atom. The summed E-state index contributed by atoms with van der Waals surface area (Å²) in [7, 11) is 0. The quantitative estimate of drug-likeness (QED) is 0.628. The number of carbonyl (C=O) groups excluding carboxylic acids is 1. The molecule has 4 aliphatic carbocycles. The van der Waals surface area contributed by atoms with Gasteiger partial charge in [-0.25, -0.2) is 0 Å². The maximum absolute atomic E-state index is 12.1. The third-order valence-corrected chi connectivity index (χ3v) is 8.73. The molecule has 2 nitrogen and oxygen atoms in total. The molecule has 1 heterocycles. The molecule has 0 radical (unpaired) electrons. The molecule has 1 saturated heterocycles. The third kappa shape index (κ3) is 1.37. The first-order chi connectivity index (χ1) is 10.0. The Morgan fingerprint density at radius 3 is 2.71 bits per heavy atom. The van der Waals surface area contributed by atoms with Crippen LogP contribution in [0.25, 0.3) is 0 Å². The van der Waals surface area contributed by atoms with Crippen LogP contribution in [0.15, 0.2) is 0 Å². The van der Waals surface area contributed by atoms with Gasteiger partial charge in [0.25, 0.3) is 0 Å². The molecule has 7 atom stereocenters. The first-order valence-corrected chi connectivity index (χ1v) is 9.21. The molecule has 0 bridgehead atoms. The van der Waals surface area contributed by atoms with E-state index in [1.54, 1.807) is 0 Å². The van der Waals surface area contributed by atoms with E-state index in [-0.39, 0.29) is 11.7 Å². The maximum atomic E-state index is 12.1. The van der Waals surface area contributed by atoms with E-state index in [0.29, 0.717) is 16.6 Å². The minimum absolute atomic E-state index is 0.0194. The minimum atomic E-state index is -0.0319. The smallest absolute Gasteiger partial charge is 0.164 e. The predicted molar refractivity (Wildman–Crippen MR) is 80.8 cm³/mol. The lowest BCUT2D eigenvalue weighted by Gasteiger charge is -2.58. The van der Waals surface area contributed by atoms with Crippen LogP contribution in [0.3, 0.4) is 0 Å². The predicted octanol–water partition coefficient (Wildman–Crippen LogP) is 4.12. The highest BCUT2D eigenvalue weighted by Gasteiger charge is 2.76. The van der Waals surface area contributed by atoms with Gasteiger partial charge in [0.15, 0.2) is 5.78 Å². The van der Waals surface area contributed by atoms with Gasteiger partial charge in [0.05, 0.1) is 0 Å². The van der Waals surface area contributed by atoms with Crippen LogP contribution in [0.5, 0.6) is 0 Å². The van der Waals surface area contributed by atoms with Crippen LogP contribution in [-0.4, -0.2) is 17.5 Å². The fourth-order valence-corrected chi connectivity index (χ4v) is 7.49. The zero-order valence-corrected chi connectivity index (χ0v) is 13.5. The van der Waals surface area contributed by atoms with Crippen molar-refractivity contribution in [2.75, 3.05) is 0 Å². The van der Waals surface area contributed by atoms with Gasteiger partial charge in [-0.1, -0.05) is 20.3 Å². The van der Waals surface area contributed by atoms with Crippen molar-refractivity contribution < 1.29 is 9.53 Å². The second kappa shape index (κ2) is 3.75. The second-order valence-corrected chi connectivity index (χ2v) is 9.27. The Morgan fingerprint density at radius 1 is 1.00 bits per heavy atom. The number of ether oxygens (including phenoxy) is 1. The molecule has 5 fully saturated rings. The Kier molecular flexibility index (Phi) is 2.34. The summed E-state index contributed by atoms with van der Waals surface area (Å²) in [5.74, 6) is 3.09. The van der Waals surface area contributed by atoms with Gasteiger partial charge >= 0.3 is 0 Å². The Bertz CT molecular complexity index is 514. The van der Waals surface area contributed by atoms with Crippen molar-refractivity contribution in [1.29, 1.82) is 0 Å². The Hall–Kier alpha value is -0.370. The van der Waals surface area contributed by atoms with Crippen molar-refractivity contribution >= 4 is 5.78 Å². The van der Waals surface area contributed by atoms with Crippen molar-refractivity contribution in [2.45, 2.75) is 83.3 Å². The van der Waals surface area contributed by atoms with Gasteiger partial charge in [0.1, 0.15) is 11.7 Å². The van der Waals surface area contributed by atoms with Crippen molar-refractivity contribution in [3.05, 3.63) is 0 Å². The zero-order chi connectivity index (χ0) is 14.5. The zero-order valence-electron chi connectivity index (χ0n) is 13.5. The van der Waals surface area contributed by atoms with Gasteiger partial charge < -0.3 is 4.74 Å². The molecule has 0 aromatic rings. The number of epoxide rings is 1. The number of carbonyl (C=O) groups is 1. The monoisotopic (exact) mass is 288 g/mol. The summed E-state index contributed by atoms with van der Waals surface area (Å²) in [5.41, 5.74) is 0.893. The van der Waals surface area contributed by atoms with Crippen molar-refractivity contribution in [1.82, 2.24) is 0 Å². The van der Waals surface area contributed by atoms with Gasteiger partial charge in [-0.05, 0) is 68.1 Å². The number of hydrogen-bond donors (Lipinski definition) is 0. The van der Waals surface area contributed by atoms with Crippen LogP contribution in [0.4, 0.5) is 0 Å². The first-order valence-electron chi connectivity index (χ1n) is 9.21. The Labute approximate surface area is 128 Å². The number of hydrogen-bond acceptors (Lipinski definition) is 2. The summed E-state index contributed by atoms with van der Waals surface area (Å²) in [6.07, 6.45) is 11.5. The summed E-state index contributed by atoms with van der Waals surface area (Å²) in [6, 6.07) is 0. The van der Waals surface area contributed by atoms with Crippen LogP contribution in [-0.2, 0) is 9.53 Å². The van der Waals surface area contributed by atoms with Gasteiger partial charge in [-0.3, -0.25) is 4.79 Å². The van der Waals surface area contributed by atoms with Crippen molar-refractivity contribution in [2.24, 2.45) is 28.6 Å². The van der Waals surface area contributed by atoms with E-state index in [2.05, 4.69) is 13.8 Å². The fraction of sp³-hybridized carbons (Fsp3) is 0.947. The molecule has 0 N–H and O–H groups in total. The van der Waals surface area contributed by atoms with E-state index in [1.807, 2.05) is 0 Å². The number of ketones is 1. The van der Waals surface area contributed by atoms with E-state index in [1.165, 1.54) is 38.5 Å². The normalized spacial score (nSPS) is 61.5. The Balaban J connectivity index is 1.52. The molecule has 2 heteroatoms. The summed E-state index contributed by atoms with van der Waals surface area (Å²) in [6.45, 7) is 5.04. The summed E-state index contributed by atoms with van der Waals surface area (Å²) in [5, 5.41) is 0. The highest BCUT2D eigenvalue weighted by Crippen LogP contribution is 2.72. The van der Waals surface area contributed by atoms with E-state index in [9.17, 15) is 4.79 Å². The number of Topliss-reactive ketones (excluding diaryl/α,β-unsaturated/α-hetero) is 1. The molecule has 5 aliphatic rings. The summed E-state index contributed by atoms with van der Waals surface area (Å²) in [4.78, 5) is 12.1. The SMILES string of the molecule is C[C@@]12CCC[C@H]1[C@@H]1CC[C@@]34O[C@@H]3C(=O)CC[C@]4(C)[C@H]1CC2. The molecular formula is C19H28O2. The van der Waals surface area contributed by atoms with Gasteiger partial charge in [-0.2, -0.15) is 0 Å². The van der Waals surface area contributed by atoms with Crippen molar-refractivity contribution in [3.63, 3.8) is 0 Å². The molecule has 0 aromatic carbocycles. The highest BCUT2D eigenvalue weighted by molar-refractivity contribution is 5.88. The molecule has 0 amide bonds. The molecule has 1 spiro atoms. The minimum Gasteiger partial charge on any atom is -0.357 e. The summed E-state index contributed by atoms with van der Waals surface area (Å²) >= 11 is 0. The van der Waals surface area contributed by atoms with Gasteiger partial charge in [0.2, 0.25) is 0 Å². The van der Waals surface area contributed by atoms with Gasteiger partial charge in [-0.15, -0.1) is 0 Å². The van der Waals surface area contributed by atoms with Crippen LogP contribution in [0.1, 0.15) is 71.6 Å². The number of fused-ring (bicyclic) bond motifs is 4. The van der Waals surface area contributed by atoms with E-state index in [0.717, 1.165) is 37.0 Å². The molecule has 5 rings (SSSR count). The molecule has 21 heavy (non-hydrogen) atoms. The molecule has 1 aliphatic heterocycles.